The third kappa shape index (κ3) is 4.30. The van der Waals surface area contributed by atoms with Crippen LogP contribution in [0.25, 0.3) is 10.2 Å². The number of carbonyl (C=O) groups excluding carboxylic acids is 2. The van der Waals surface area contributed by atoms with E-state index in [4.69, 9.17) is 18.9 Å². The molecular weight excluding hydrogens is 408 g/mol. The highest BCUT2D eigenvalue weighted by Gasteiger charge is 2.23. The Morgan fingerprint density at radius 3 is 2.30 bits per heavy atom. The second kappa shape index (κ2) is 9.45. The molecule has 0 spiro atoms. The monoisotopic (exact) mass is 430 g/mol. The molecule has 0 saturated carbocycles. The van der Waals surface area contributed by atoms with E-state index in [-0.39, 0.29) is 17.2 Å². The van der Waals surface area contributed by atoms with Crippen molar-refractivity contribution in [3.8, 4) is 17.2 Å². The van der Waals surface area contributed by atoms with Crippen molar-refractivity contribution in [2.45, 2.75) is 6.92 Å². The van der Waals surface area contributed by atoms with Gasteiger partial charge in [0, 0.05) is 18.7 Å². The van der Waals surface area contributed by atoms with Gasteiger partial charge in [0.25, 0.3) is 5.91 Å². The number of aromatic nitrogens is 1. The van der Waals surface area contributed by atoms with Crippen molar-refractivity contribution in [1.82, 2.24) is 4.98 Å². The molecule has 0 unspecified atom stereocenters. The van der Waals surface area contributed by atoms with Crippen LogP contribution in [-0.4, -0.2) is 51.3 Å². The van der Waals surface area contributed by atoms with Crippen molar-refractivity contribution < 1.29 is 28.5 Å². The third-order valence-corrected chi connectivity index (χ3v) is 5.44. The molecule has 0 aliphatic rings. The standard InChI is InChI=1S/C21H22N2O6S/c1-5-23(21-22-14-8-6-7-9-18(14)30-21)19(24)12-29-20(25)13-10-16(27-3)17(28-4)11-15(13)26-2/h6-11H,5,12H2,1-4H3. The topological polar surface area (TPSA) is 87.2 Å². The number of fused-ring (bicyclic) bond motifs is 1. The van der Waals surface area contributed by atoms with Gasteiger partial charge in [-0.1, -0.05) is 23.5 Å². The molecule has 3 aromatic rings. The lowest BCUT2D eigenvalue weighted by atomic mass is 10.1. The number of amides is 1. The quantitative estimate of drug-likeness (QED) is 0.505. The maximum absolute atomic E-state index is 12.7. The first kappa shape index (κ1) is 21.4. The zero-order valence-electron chi connectivity index (χ0n) is 17.1. The molecule has 0 fully saturated rings. The summed E-state index contributed by atoms with van der Waals surface area (Å²) < 4.78 is 21.9. The number of thiazole rings is 1. The molecule has 2 aromatic carbocycles. The van der Waals surface area contributed by atoms with Crippen LogP contribution in [0.3, 0.4) is 0 Å². The lowest BCUT2D eigenvalue weighted by molar-refractivity contribution is -0.121. The highest BCUT2D eigenvalue weighted by molar-refractivity contribution is 7.22. The SMILES string of the molecule is CCN(C(=O)COC(=O)c1cc(OC)c(OC)cc1OC)c1nc2ccccc2s1. The summed E-state index contributed by atoms with van der Waals surface area (Å²) in [5.74, 6) is -0.0642. The van der Waals surface area contributed by atoms with Crippen molar-refractivity contribution in [1.29, 1.82) is 0 Å². The smallest absolute Gasteiger partial charge is 0.342 e. The van der Waals surface area contributed by atoms with Crippen LogP contribution < -0.4 is 19.1 Å². The second-order valence-electron chi connectivity index (χ2n) is 6.09. The Labute approximate surface area is 177 Å². The van der Waals surface area contributed by atoms with Gasteiger partial charge in [-0.25, -0.2) is 9.78 Å². The molecule has 0 radical (unpaired) electrons. The fourth-order valence-electron chi connectivity index (χ4n) is 2.87. The summed E-state index contributed by atoms with van der Waals surface area (Å²) >= 11 is 1.41. The number of anilines is 1. The molecule has 0 bridgehead atoms. The molecule has 30 heavy (non-hydrogen) atoms. The number of ether oxygens (including phenoxy) is 4. The highest BCUT2D eigenvalue weighted by Crippen LogP contribution is 2.35. The predicted molar refractivity (Wildman–Crippen MR) is 114 cm³/mol. The van der Waals surface area contributed by atoms with E-state index in [1.807, 2.05) is 31.2 Å². The molecule has 1 amide bonds. The van der Waals surface area contributed by atoms with Gasteiger partial charge in [0.1, 0.15) is 11.3 Å². The van der Waals surface area contributed by atoms with E-state index in [1.54, 1.807) is 0 Å². The summed E-state index contributed by atoms with van der Waals surface area (Å²) in [6, 6.07) is 10.6. The largest absolute Gasteiger partial charge is 0.496 e. The number of hydrogen-bond acceptors (Lipinski definition) is 8. The fourth-order valence-corrected chi connectivity index (χ4v) is 3.91. The summed E-state index contributed by atoms with van der Waals surface area (Å²) in [6.07, 6.45) is 0. The van der Waals surface area contributed by atoms with Gasteiger partial charge in [-0.05, 0) is 19.1 Å². The van der Waals surface area contributed by atoms with E-state index < -0.39 is 12.6 Å². The van der Waals surface area contributed by atoms with Crippen molar-refractivity contribution in [2.75, 3.05) is 39.4 Å². The summed E-state index contributed by atoms with van der Waals surface area (Å²) in [7, 11) is 4.37. The molecule has 0 aliphatic carbocycles. The number of carbonyl (C=O) groups is 2. The molecule has 158 valence electrons. The molecule has 3 rings (SSSR count). The molecule has 1 aromatic heterocycles. The Bertz CT molecular complexity index is 1030. The Hall–Kier alpha value is -3.33. The molecule has 1 heterocycles. The minimum absolute atomic E-state index is 0.131. The number of hydrogen-bond donors (Lipinski definition) is 0. The van der Waals surface area contributed by atoms with Crippen LogP contribution in [0.4, 0.5) is 5.13 Å². The summed E-state index contributed by atoms with van der Waals surface area (Å²) in [4.78, 5) is 31.3. The minimum Gasteiger partial charge on any atom is -0.496 e. The van der Waals surface area contributed by atoms with E-state index in [2.05, 4.69) is 4.98 Å². The third-order valence-electron chi connectivity index (χ3n) is 4.38. The Kier molecular flexibility index (Phi) is 6.73. The van der Waals surface area contributed by atoms with E-state index >= 15 is 0 Å². The Balaban J connectivity index is 1.75. The van der Waals surface area contributed by atoms with Crippen LogP contribution in [-0.2, 0) is 9.53 Å². The average molecular weight is 430 g/mol. The maximum Gasteiger partial charge on any atom is 0.342 e. The molecule has 0 atom stereocenters. The first-order chi connectivity index (χ1) is 14.5. The van der Waals surface area contributed by atoms with E-state index in [0.29, 0.717) is 23.2 Å². The molecule has 9 heteroatoms. The molecule has 0 N–H and O–H groups in total. The number of likely N-dealkylation sites (N-methyl/N-ethyl adjacent to an activating group) is 1. The van der Waals surface area contributed by atoms with Crippen LogP contribution in [0, 0.1) is 0 Å². The number of nitrogens with zero attached hydrogens (tertiary/aromatic N) is 2. The van der Waals surface area contributed by atoms with Crippen LogP contribution in [0.2, 0.25) is 0 Å². The van der Waals surface area contributed by atoms with Gasteiger partial charge in [-0.15, -0.1) is 0 Å². The fraction of sp³-hybridized carbons (Fsp3) is 0.286. The van der Waals surface area contributed by atoms with Gasteiger partial charge in [0.2, 0.25) is 0 Å². The Morgan fingerprint density at radius 1 is 1.00 bits per heavy atom. The zero-order chi connectivity index (χ0) is 21.7. The van der Waals surface area contributed by atoms with Crippen molar-refractivity contribution in [3.05, 3.63) is 42.0 Å². The summed E-state index contributed by atoms with van der Waals surface area (Å²) in [5.41, 5.74) is 0.946. The van der Waals surface area contributed by atoms with E-state index in [1.165, 1.54) is 49.7 Å². The van der Waals surface area contributed by atoms with Crippen LogP contribution in [0.1, 0.15) is 17.3 Å². The van der Waals surface area contributed by atoms with E-state index in [0.717, 1.165) is 10.2 Å². The highest BCUT2D eigenvalue weighted by atomic mass is 32.1. The molecule has 8 nitrogen and oxygen atoms in total. The second-order valence-corrected chi connectivity index (χ2v) is 7.09. The number of benzene rings is 2. The maximum atomic E-state index is 12.7. The van der Waals surface area contributed by atoms with Gasteiger partial charge < -0.3 is 18.9 Å². The van der Waals surface area contributed by atoms with Gasteiger partial charge in [0.15, 0.2) is 23.2 Å². The number of methoxy groups -OCH3 is 3. The lowest BCUT2D eigenvalue weighted by Gasteiger charge is -2.18. The van der Waals surface area contributed by atoms with Gasteiger partial charge in [-0.2, -0.15) is 0 Å². The van der Waals surface area contributed by atoms with Crippen LogP contribution in [0.5, 0.6) is 17.2 Å². The minimum atomic E-state index is -0.707. The summed E-state index contributed by atoms with van der Waals surface area (Å²) in [5, 5.41) is 0.559. The first-order valence-corrected chi connectivity index (χ1v) is 9.97. The normalized spacial score (nSPS) is 10.5. The van der Waals surface area contributed by atoms with Gasteiger partial charge in [0.05, 0.1) is 31.5 Å². The lowest BCUT2D eigenvalue weighted by Crippen LogP contribution is -2.34. The zero-order valence-corrected chi connectivity index (χ0v) is 17.9. The van der Waals surface area contributed by atoms with Gasteiger partial charge in [-0.3, -0.25) is 9.69 Å². The van der Waals surface area contributed by atoms with Crippen LogP contribution in [0.15, 0.2) is 36.4 Å². The van der Waals surface area contributed by atoms with Crippen molar-refractivity contribution in [3.63, 3.8) is 0 Å². The summed E-state index contributed by atoms with van der Waals surface area (Å²) in [6.45, 7) is 1.80. The molecule has 0 saturated heterocycles. The van der Waals surface area contributed by atoms with Gasteiger partial charge >= 0.3 is 5.97 Å². The first-order valence-electron chi connectivity index (χ1n) is 9.15. The molecular formula is C21H22N2O6S. The Morgan fingerprint density at radius 2 is 1.67 bits per heavy atom. The van der Waals surface area contributed by atoms with Crippen molar-refractivity contribution >= 4 is 38.6 Å². The predicted octanol–water partition coefficient (Wildman–Crippen LogP) is 3.53. The van der Waals surface area contributed by atoms with Crippen molar-refractivity contribution in [2.24, 2.45) is 0 Å². The number of esters is 1. The number of rotatable bonds is 8. The molecule has 0 aliphatic heterocycles. The number of para-hydroxylation sites is 1. The van der Waals surface area contributed by atoms with E-state index in [9.17, 15) is 9.59 Å². The average Bonchev–Trinajstić information content (AvgIpc) is 3.20. The van der Waals surface area contributed by atoms with Crippen LogP contribution >= 0.6 is 11.3 Å².